The largest absolute Gasteiger partial charge is 0.496 e. The van der Waals surface area contributed by atoms with Crippen LogP contribution < -0.4 is 10.5 Å². The van der Waals surface area contributed by atoms with Gasteiger partial charge in [0.2, 0.25) is 0 Å². The van der Waals surface area contributed by atoms with Gasteiger partial charge in [-0.15, -0.1) is 11.3 Å². The molecule has 0 saturated carbocycles. The zero-order chi connectivity index (χ0) is 22.0. The van der Waals surface area contributed by atoms with E-state index in [1.807, 2.05) is 51.1 Å². The van der Waals surface area contributed by atoms with Gasteiger partial charge in [0.15, 0.2) is 11.9 Å². The minimum atomic E-state index is -0.890. The molecule has 1 atom stereocenters. The Morgan fingerprint density at radius 3 is 2.47 bits per heavy atom. The van der Waals surface area contributed by atoms with Crippen molar-refractivity contribution in [1.29, 1.82) is 0 Å². The van der Waals surface area contributed by atoms with Crippen LogP contribution >= 0.6 is 11.3 Å². The highest BCUT2D eigenvalue weighted by Gasteiger charge is 2.25. The maximum atomic E-state index is 11.7. The molecule has 7 heteroatoms. The number of rotatable bonds is 6. The number of pyridine rings is 1. The SMILES string of the molecule is COc1c(C)cnc(C(OC(N)=O)c2cc(C)cc(-c3ccc(C(C)=O)s3)c2)c1C. The number of Topliss-reactive ketones (excluding diaryl/α,β-unsaturated/α-hetero) is 1. The molecule has 2 heterocycles. The molecular formula is C23H24N2O4S. The highest BCUT2D eigenvalue weighted by atomic mass is 32.1. The Labute approximate surface area is 179 Å². The smallest absolute Gasteiger partial charge is 0.405 e. The number of aromatic nitrogens is 1. The topological polar surface area (TPSA) is 91.5 Å². The van der Waals surface area contributed by atoms with Gasteiger partial charge in [-0.05, 0) is 57.0 Å². The van der Waals surface area contributed by atoms with Crippen molar-refractivity contribution in [2.24, 2.45) is 5.73 Å². The number of primary amides is 1. The molecule has 0 saturated heterocycles. The molecule has 2 N–H and O–H groups in total. The van der Waals surface area contributed by atoms with Crippen molar-refractivity contribution in [2.75, 3.05) is 7.11 Å². The Bertz CT molecular complexity index is 1120. The number of hydrogen-bond acceptors (Lipinski definition) is 6. The molecule has 0 aliphatic rings. The maximum Gasteiger partial charge on any atom is 0.405 e. The molecule has 1 aromatic carbocycles. The number of amides is 1. The first-order valence-corrected chi connectivity index (χ1v) is 10.2. The minimum absolute atomic E-state index is 0.0284. The van der Waals surface area contributed by atoms with Crippen LogP contribution in [0.2, 0.25) is 0 Å². The summed E-state index contributed by atoms with van der Waals surface area (Å²) in [5.74, 6) is 0.718. The van der Waals surface area contributed by atoms with Gasteiger partial charge in [-0.3, -0.25) is 9.78 Å². The van der Waals surface area contributed by atoms with E-state index in [9.17, 15) is 9.59 Å². The molecule has 1 amide bonds. The summed E-state index contributed by atoms with van der Waals surface area (Å²) in [5, 5.41) is 0. The highest BCUT2D eigenvalue weighted by molar-refractivity contribution is 7.17. The molecule has 30 heavy (non-hydrogen) atoms. The number of carbonyl (C=O) groups is 2. The Morgan fingerprint density at radius 1 is 1.13 bits per heavy atom. The number of benzene rings is 1. The van der Waals surface area contributed by atoms with E-state index in [1.165, 1.54) is 11.3 Å². The van der Waals surface area contributed by atoms with Crippen LogP contribution in [0.25, 0.3) is 10.4 Å². The van der Waals surface area contributed by atoms with Crippen molar-refractivity contribution in [2.45, 2.75) is 33.8 Å². The van der Waals surface area contributed by atoms with Crippen LogP contribution in [0.4, 0.5) is 4.79 Å². The van der Waals surface area contributed by atoms with Crippen molar-refractivity contribution in [3.63, 3.8) is 0 Å². The van der Waals surface area contributed by atoms with Gasteiger partial charge < -0.3 is 15.2 Å². The fraction of sp³-hybridized carbons (Fsp3) is 0.261. The van der Waals surface area contributed by atoms with Crippen molar-refractivity contribution in [3.8, 4) is 16.2 Å². The summed E-state index contributed by atoms with van der Waals surface area (Å²) >= 11 is 1.43. The first kappa shape index (κ1) is 21.5. The lowest BCUT2D eigenvalue weighted by Crippen LogP contribution is -2.20. The molecular weight excluding hydrogens is 400 g/mol. The first-order chi connectivity index (χ1) is 14.2. The number of hydrogen-bond donors (Lipinski definition) is 1. The number of nitrogens with zero attached hydrogens (tertiary/aromatic N) is 1. The number of aryl methyl sites for hydroxylation is 2. The molecule has 0 aliphatic carbocycles. The van der Waals surface area contributed by atoms with Gasteiger partial charge >= 0.3 is 6.09 Å². The highest BCUT2D eigenvalue weighted by Crippen LogP contribution is 2.36. The maximum absolute atomic E-state index is 11.7. The minimum Gasteiger partial charge on any atom is -0.496 e. The summed E-state index contributed by atoms with van der Waals surface area (Å²) in [4.78, 5) is 29.6. The molecule has 0 radical (unpaired) electrons. The van der Waals surface area contributed by atoms with Crippen LogP contribution in [-0.2, 0) is 4.74 Å². The summed E-state index contributed by atoms with van der Waals surface area (Å²) in [6.07, 6.45) is 0.00913. The molecule has 3 rings (SSSR count). The van der Waals surface area contributed by atoms with Gasteiger partial charge in [0.1, 0.15) is 5.75 Å². The van der Waals surface area contributed by atoms with Gasteiger partial charge in [-0.1, -0.05) is 17.7 Å². The molecule has 0 fully saturated rings. The molecule has 6 nitrogen and oxygen atoms in total. The van der Waals surface area contributed by atoms with Gasteiger partial charge in [-0.25, -0.2) is 4.79 Å². The van der Waals surface area contributed by atoms with Crippen molar-refractivity contribution < 1.29 is 19.1 Å². The first-order valence-electron chi connectivity index (χ1n) is 9.40. The molecule has 156 valence electrons. The second kappa shape index (κ2) is 8.67. The number of thiophene rings is 1. The van der Waals surface area contributed by atoms with Gasteiger partial charge in [0.25, 0.3) is 0 Å². The lowest BCUT2D eigenvalue weighted by molar-refractivity contribution is 0.102. The summed E-state index contributed by atoms with van der Waals surface area (Å²) in [7, 11) is 1.59. The molecule has 1 unspecified atom stereocenters. The third-order valence-electron chi connectivity index (χ3n) is 4.81. The second-order valence-corrected chi connectivity index (χ2v) is 8.24. The molecule has 2 aromatic heterocycles. The number of carbonyl (C=O) groups excluding carboxylic acids is 2. The lowest BCUT2D eigenvalue weighted by Gasteiger charge is -2.21. The van der Waals surface area contributed by atoms with E-state index in [0.29, 0.717) is 16.3 Å². The van der Waals surface area contributed by atoms with Gasteiger partial charge in [-0.2, -0.15) is 0 Å². The Balaban J connectivity index is 2.14. The van der Waals surface area contributed by atoms with Crippen LogP contribution in [0.3, 0.4) is 0 Å². The second-order valence-electron chi connectivity index (χ2n) is 7.15. The van der Waals surface area contributed by atoms with Gasteiger partial charge in [0, 0.05) is 22.2 Å². The molecule has 0 aliphatic heterocycles. The standard InChI is InChI=1S/C23H24N2O4S/c1-12-8-16(19-7-6-18(30-19)15(4)26)10-17(9-12)22(29-23(24)27)20-14(3)21(28-5)13(2)11-25-20/h6-11,22H,1-5H3,(H2,24,27). The number of nitrogens with two attached hydrogens (primary N) is 1. The quantitative estimate of drug-likeness (QED) is 0.554. The normalized spacial score (nSPS) is 11.8. The van der Waals surface area contributed by atoms with Crippen molar-refractivity contribution in [1.82, 2.24) is 4.98 Å². The van der Waals surface area contributed by atoms with E-state index < -0.39 is 12.2 Å². The van der Waals surface area contributed by atoms with Gasteiger partial charge in [0.05, 0.1) is 17.7 Å². The number of ether oxygens (including phenoxy) is 2. The van der Waals surface area contributed by atoms with Crippen molar-refractivity contribution >= 4 is 23.2 Å². The third kappa shape index (κ3) is 4.36. The predicted octanol–water partition coefficient (Wildman–Crippen LogP) is 5.13. The summed E-state index contributed by atoms with van der Waals surface area (Å²) in [5.41, 5.74) is 10.3. The fourth-order valence-electron chi connectivity index (χ4n) is 3.50. The van der Waals surface area contributed by atoms with E-state index in [1.54, 1.807) is 20.2 Å². The lowest BCUT2D eigenvalue weighted by atomic mass is 9.96. The number of methoxy groups -OCH3 is 1. The summed E-state index contributed by atoms with van der Waals surface area (Å²) < 4.78 is 11.0. The third-order valence-corrected chi connectivity index (χ3v) is 6.04. The van der Waals surface area contributed by atoms with E-state index in [0.717, 1.165) is 32.7 Å². The predicted molar refractivity (Wildman–Crippen MR) is 117 cm³/mol. The monoisotopic (exact) mass is 424 g/mol. The fourth-order valence-corrected chi connectivity index (χ4v) is 4.39. The summed E-state index contributed by atoms with van der Waals surface area (Å²) in [6.45, 7) is 7.29. The number of ketones is 1. The Morgan fingerprint density at radius 2 is 1.87 bits per heavy atom. The van der Waals surface area contributed by atoms with Crippen molar-refractivity contribution in [3.05, 3.63) is 69.4 Å². The summed E-state index contributed by atoms with van der Waals surface area (Å²) in [6, 6.07) is 9.63. The average molecular weight is 425 g/mol. The van der Waals surface area contributed by atoms with Crippen LogP contribution in [0, 0.1) is 20.8 Å². The van der Waals surface area contributed by atoms with E-state index in [2.05, 4.69) is 4.98 Å². The van der Waals surface area contributed by atoms with Crippen LogP contribution in [0.15, 0.2) is 36.5 Å². The molecule has 0 bridgehead atoms. The van der Waals surface area contributed by atoms with Crippen LogP contribution in [-0.4, -0.2) is 24.0 Å². The molecule has 3 aromatic rings. The molecule has 0 spiro atoms. The zero-order valence-corrected chi connectivity index (χ0v) is 18.4. The van der Waals surface area contributed by atoms with Crippen LogP contribution in [0.5, 0.6) is 5.75 Å². The zero-order valence-electron chi connectivity index (χ0n) is 17.6. The van der Waals surface area contributed by atoms with E-state index in [4.69, 9.17) is 15.2 Å². The average Bonchev–Trinajstić information content (AvgIpc) is 3.17. The Kier molecular flexibility index (Phi) is 6.22. The van der Waals surface area contributed by atoms with Crippen LogP contribution in [0.1, 0.15) is 50.6 Å². The van der Waals surface area contributed by atoms with E-state index in [-0.39, 0.29) is 5.78 Å². The Hall–Kier alpha value is -3.19. The van der Waals surface area contributed by atoms with E-state index >= 15 is 0 Å².